The van der Waals surface area contributed by atoms with Gasteiger partial charge in [0, 0.05) is 23.2 Å². The van der Waals surface area contributed by atoms with Crippen molar-refractivity contribution < 1.29 is 9.52 Å². The Bertz CT molecular complexity index is 601. The van der Waals surface area contributed by atoms with Crippen LogP contribution in [0.3, 0.4) is 0 Å². The van der Waals surface area contributed by atoms with Crippen LogP contribution in [0.15, 0.2) is 28.7 Å². The Morgan fingerprint density at radius 2 is 1.65 bits per heavy atom. The van der Waals surface area contributed by atoms with Gasteiger partial charge in [0.1, 0.15) is 17.3 Å². The fourth-order valence-corrected chi connectivity index (χ4v) is 2.65. The number of rotatable bonds is 4. The van der Waals surface area contributed by atoms with Crippen LogP contribution >= 0.6 is 0 Å². The van der Waals surface area contributed by atoms with Gasteiger partial charge in [0.2, 0.25) is 0 Å². The molecule has 2 atom stereocenters. The van der Waals surface area contributed by atoms with Gasteiger partial charge in [-0.25, -0.2) is 0 Å². The van der Waals surface area contributed by atoms with Gasteiger partial charge < -0.3 is 14.8 Å². The van der Waals surface area contributed by atoms with Crippen molar-refractivity contribution in [3.8, 4) is 5.75 Å². The summed E-state index contributed by atoms with van der Waals surface area (Å²) in [6.07, 6.45) is 0. The minimum Gasteiger partial charge on any atom is -0.508 e. The van der Waals surface area contributed by atoms with Gasteiger partial charge in [0.25, 0.3) is 0 Å². The van der Waals surface area contributed by atoms with Gasteiger partial charge in [-0.3, -0.25) is 0 Å². The summed E-state index contributed by atoms with van der Waals surface area (Å²) >= 11 is 0. The highest BCUT2D eigenvalue weighted by molar-refractivity contribution is 5.38. The van der Waals surface area contributed by atoms with E-state index in [0.29, 0.717) is 5.75 Å². The van der Waals surface area contributed by atoms with Crippen molar-refractivity contribution in [2.75, 3.05) is 0 Å². The molecule has 0 saturated heterocycles. The Hall–Kier alpha value is -1.74. The first kappa shape index (κ1) is 14.7. The summed E-state index contributed by atoms with van der Waals surface area (Å²) in [5.41, 5.74) is 3.15. The lowest BCUT2D eigenvalue weighted by molar-refractivity contribution is 0.434. The average Bonchev–Trinajstić information content (AvgIpc) is 2.68. The van der Waals surface area contributed by atoms with Gasteiger partial charge in [-0.15, -0.1) is 0 Å². The molecule has 0 fully saturated rings. The largest absolute Gasteiger partial charge is 0.508 e. The quantitative estimate of drug-likeness (QED) is 0.872. The minimum absolute atomic E-state index is 0.0696. The molecule has 1 aromatic heterocycles. The average molecular weight is 273 g/mol. The van der Waals surface area contributed by atoms with Gasteiger partial charge in [-0.2, -0.15) is 0 Å². The lowest BCUT2D eigenvalue weighted by Crippen LogP contribution is -2.22. The maximum atomic E-state index is 10.0. The van der Waals surface area contributed by atoms with Crippen LogP contribution in [0.25, 0.3) is 0 Å². The molecule has 0 aliphatic carbocycles. The highest BCUT2D eigenvalue weighted by Gasteiger charge is 2.17. The molecule has 0 aliphatic rings. The summed E-state index contributed by atoms with van der Waals surface area (Å²) in [7, 11) is 0. The van der Waals surface area contributed by atoms with E-state index in [2.05, 4.69) is 25.2 Å². The van der Waals surface area contributed by atoms with Crippen LogP contribution in [0.2, 0.25) is 0 Å². The second kappa shape index (κ2) is 5.71. The Morgan fingerprint density at radius 3 is 2.20 bits per heavy atom. The molecule has 3 heteroatoms. The van der Waals surface area contributed by atoms with Crippen molar-refractivity contribution in [1.29, 1.82) is 0 Å². The van der Waals surface area contributed by atoms with Crippen molar-refractivity contribution in [1.82, 2.24) is 5.32 Å². The van der Waals surface area contributed by atoms with Crippen molar-refractivity contribution in [3.63, 3.8) is 0 Å². The zero-order chi connectivity index (χ0) is 14.9. The smallest absolute Gasteiger partial charge is 0.120 e. The normalized spacial score (nSPS) is 14.2. The summed E-state index contributed by atoms with van der Waals surface area (Å²) < 4.78 is 5.57. The first-order chi connectivity index (χ1) is 9.38. The maximum absolute atomic E-state index is 10.0. The fraction of sp³-hybridized carbons (Fsp3) is 0.412. The van der Waals surface area contributed by atoms with Crippen LogP contribution in [0, 0.1) is 20.8 Å². The topological polar surface area (TPSA) is 45.4 Å². The number of hydrogen-bond acceptors (Lipinski definition) is 3. The second-order valence-corrected chi connectivity index (χ2v) is 5.54. The second-order valence-electron chi connectivity index (χ2n) is 5.54. The van der Waals surface area contributed by atoms with E-state index in [4.69, 9.17) is 4.42 Å². The van der Waals surface area contributed by atoms with E-state index >= 15 is 0 Å². The molecule has 2 N–H and O–H groups in total. The number of aryl methyl sites for hydroxylation is 3. The molecule has 3 nitrogen and oxygen atoms in total. The number of hydrogen-bond donors (Lipinski definition) is 2. The van der Waals surface area contributed by atoms with Crippen molar-refractivity contribution >= 4 is 0 Å². The zero-order valence-corrected chi connectivity index (χ0v) is 12.8. The van der Waals surface area contributed by atoms with E-state index in [0.717, 1.165) is 22.6 Å². The van der Waals surface area contributed by atoms with Crippen LogP contribution in [0.1, 0.15) is 54.1 Å². The Kier molecular flexibility index (Phi) is 4.19. The lowest BCUT2D eigenvalue weighted by Gasteiger charge is -2.21. The Morgan fingerprint density at radius 1 is 1.00 bits per heavy atom. The molecule has 108 valence electrons. The van der Waals surface area contributed by atoms with Gasteiger partial charge in [-0.05, 0) is 52.3 Å². The standard InChI is InChI=1S/C17H23NO2/c1-10-6-7-15(17(19)8-10)12(3)18-13(4)16-9-11(2)20-14(16)5/h6-9,12-13,18-19H,1-5H3. The highest BCUT2D eigenvalue weighted by Crippen LogP contribution is 2.28. The molecule has 1 aromatic carbocycles. The van der Waals surface area contributed by atoms with Crippen LogP contribution in [-0.4, -0.2) is 5.11 Å². The third-order valence-corrected chi connectivity index (χ3v) is 3.70. The summed E-state index contributed by atoms with van der Waals surface area (Å²) in [4.78, 5) is 0. The Balaban J connectivity index is 2.14. The monoisotopic (exact) mass is 273 g/mol. The van der Waals surface area contributed by atoms with Gasteiger partial charge in [0.05, 0.1) is 0 Å². The summed E-state index contributed by atoms with van der Waals surface area (Å²) in [6.45, 7) is 10.1. The number of nitrogens with one attached hydrogen (secondary N) is 1. The molecule has 0 saturated carbocycles. The van der Waals surface area contributed by atoms with E-state index in [1.165, 1.54) is 5.56 Å². The number of aromatic hydroxyl groups is 1. The first-order valence-corrected chi connectivity index (χ1v) is 7.01. The molecule has 20 heavy (non-hydrogen) atoms. The van der Waals surface area contributed by atoms with Crippen LogP contribution < -0.4 is 5.32 Å². The molecule has 2 rings (SSSR count). The zero-order valence-electron chi connectivity index (χ0n) is 12.8. The number of phenols is 1. The summed E-state index contributed by atoms with van der Waals surface area (Å²) in [5, 5.41) is 13.6. The number of phenolic OH excluding ortho intramolecular Hbond substituents is 1. The SMILES string of the molecule is Cc1ccc(C(C)NC(C)c2cc(C)oc2C)c(O)c1. The molecule has 2 unspecified atom stereocenters. The molecule has 2 aromatic rings. The molecule has 0 amide bonds. The van der Waals surface area contributed by atoms with Gasteiger partial charge in [-0.1, -0.05) is 12.1 Å². The van der Waals surface area contributed by atoms with Crippen molar-refractivity contribution in [2.24, 2.45) is 0 Å². The van der Waals surface area contributed by atoms with Crippen molar-refractivity contribution in [2.45, 2.75) is 46.7 Å². The molecule has 0 aliphatic heterocycles. The third-order valence-electron chi connectivity index (χ3n) is 3.70. The molecule has 0 bridgehead atoms. The van der Waals surface area contributed by atoms with E-state index in [-0.39, 0.29) is 12.1 Å². The maximum Gasteiger partial charge on any atom is 0.120 e. The molecule has 0 radical (unpaired) electrons. The van der Waals surface area contributed by atoms with E-state index < -0.39 is 0 Å². The lowest BCUT2D eigenvalue weighted by atomic mass is 10.0. The molecular formula is C17H23NO2. The van der Waals surface area contributed by atoms with E-state index in [9.17, 15) is 5.11 Å². The van der Waals surface area contributed by atoms with Crippen LogP contribution in [0.4, 0.5) is 0 Å². The summed E-state index contributed by atoms with van der Waals surface area (Å²) in [6, 6.07) is 8.09. The van der Waals surface area contributed by atoms with Gasteiger partial charge >= 0.3 is 0 Å². The predicted octanol–water partition coefficient (Wildman–Crippen LogP) is 4.32. The third kappa shape index (κ3) is 3.05. The van der Waals surface area contributed by atoms with E-state index in [1.807, 2.05) is 32.9 Å². The molecular weight excluding hydrogens is 250 g/mol. The van der Waals surface area contributed by atoms with Crippen molar-refractivity contribution in [3.05, 3.63) is 52.5 Å². The van der Waals surface area contributed by atoms with Crippen LogP contribution in [0.5, 0.6) is 5.75 Å². The fourth-order valence-electron chi connectivity index (χ4n) is 2.65. The highest BCUT2D eigenvalue weighted by atomic mass is 16.3. The minimum atomic E-state index is 0.0696. The van der Waals surface area contributed by atoms with E-state index in [1.54, 1.807) is 6.07 Å². The molecule has 0 spiro atoms. The number of benzene rings is 1. The van der Waals surface area contributed by atoms with Crippen LogP contribution in [-0.2, 0) is 0 Å². The van der Waals surface area contributed by atoms with Gasteiger partial charge in [0.15, 0.2) is 0 Å². The molecule has 1 heterocycles. The Labute approximate surface area is 120 Å². The first-order valence-electron chi connectivity index (χ1n) is 7.01. The predicted molar refractivity (Wildman–Crippen MR) is 81.0 cm³/mol. The number of furan rings is 1. The summed E-state index contributed by atoms with van der Waals surface area (Å²) in [5.74, 6) is 2.22.